The second-order valence-electron chi connectivity index (χ2n) is 6.46. The molecule has 5 heteroatoms. The Hall–Kier alpha value is -4.25. The molecule has 0 aliphatic heterocycles. The molecule has 4 N–H and O–H groups in total. The number of ketones is 1. The summed E-state index contributed by atoms with van der Waals surface area (Å²) in [6.07, 6.45) is 0. The van der Waals surface area contributed by atoms with Crippen molar-refractivity contribution in [3.8, 4) is 34.1 Å². The Labute approximate surface area is 173 Å². The average molecular weight is 400 g/mol. The normalized spacial score (nSPS) is 10.0. The maximum atomic E-state index is 11.9. The summed E-state index contributed by atoms with van der Waals surface area (Å²) in [6, 6.07) is 26.0. The summed E-state index contributed by atoms with van der Waals surface area (Å²) in [5.41, 5.74) is 2.29. The minimum atomic E-state index is -0.139. The molecule has 30 heavy (non-hydrogen) atoms. The molecular weight excluding hydrogens is 380 g/mol. The molecule has 0 aliphatic carbocycles. The third-order valence-electron chi connectivity index (χ3n) is 4.36. The molecule has 4 aromatic rings. The van der Waals surface area contributed by atoms with Crippen LogP contribution in [0.5, 0.6) is 23.0 Å². The SMILES string of the molecule is O=C(c1ccc(O)cc1)c1ccc(O)cc1.Oc1ccccc1-c1ccccc1O. The first-order chi connectivity index (χ1) is 14.5. The van der Waals surface area contributed by atoms with Gasteiger partial charge in [0.05, 0.1) is 0 Å². The number of hydrogen-bond donors (Lipinski definition) is 4. The molecule has 0 amide bonds. The van der Waals surface area contributed by atoms with Gasteiger partial charge in [-0.05, 0) is 60.7 Å². The van der Waals surface area contributed by atoms with E-state index in [1.54, 1.807) is 60.7 Å². The minimum absolute atomic E-state index is 0.127. The van der Waals surface area contributed by atoms with Gasteiger partial charge in [0.25, 0.3) is 0 Å². The lowest BCUT2D eigenvalue weighted by atomic mass is 10.0. The summed E-state index contributed by atoms with van der Waals surface area (Å²) in [4.78, 5) is 11.9. The number of aromatic hydroxyl groups is 4. The quantitative estimate of drug-likeness (QED) is 0.359. The van der Waals surface area contributed by atoms with Crippen LogP contribution in [0.3, 0.4) is 0 Å². The van der Waals surface area contributed by atoms with Crippen LogP contribution in [0.1, 0.15) is 15.9 Å². The largest absolute Gasteiger partial charge is 0.508 e. The van der Waals surface area contributed by atoms with Crippen molar-refractivity contribution in [1.29, 1.82) is 0 Å². The second kappa shape index (κ2) is 9.30. The van der Waals surface area contributed by atoms with Gasteiger partial charge in [-0.2, -0.15) is 0 Å². The number of para-hydroxylation sites is 2. The standard InChI is InChI=1S/C13H10O3.C12H10O2/c14-11-5-1-9(2-6-11)13(16)10-3-7-12(15)8-4-10;13-11-7-3-1-5-9(11)10-6-2-4-8-12(10)14/h1-8,14-15H;1-8,13-14H. The lowest BCUT2D eigenvalue weighted by Crippen LogP contribution is -2.00. The van der Waals surface area contributed by atoms with E-state index < -0.39 is 0 Å². The molecule has 0 heterocycles. The van der Waals surface area contributed by atoms with Gasteiger partial charge in [0.15, 0.2) is 5.78 Å². The molecule has 5 nitrogen and oxygen atoms in total. The Balaban J connectivity index is 0.000000172. The molecule has 0 atom stereocenters. The summed E-state index contributed by atoms with van der Waals surface area (Å²) in [5.74, 6) is 0.465. The molecule has 0 unspecified atom stereocenters. The van der Waals surface area contributed by atoms with Gasteiger partial charge >= 0.3 is 0 Å². The van der Waals surface area contributed by atoms with Gasteiger partial charge in [-0.15, -0.1) is 0 Å². The van der Waals surface area contributed by atoms with Gasteiger partial charge in [-0.25, -0.2) is 0 Å². The Morgan fingerprint density at radius 1 is 0.467 bits per heavy atom. The Bertz CT molecular complexity index is 1040. The molecule has 0 aliphatic rings. The summed E-state index contributed by atoms with van der Waals surface area (Å²) in [5, 5.41) is 37.4. The van der Waals surface area contributed by atoms with Crippen LogP contribution >= 0.6 is 0 Å². The Morgan fingerprint density at radius 2 is 0.800 bits per heavy atom. The molecule has 0 saturated heterocycles. The molecule has 0 fully saturated rings. The predicted molar refractivity (Wildman–Crippen MR) is 115 cm³/mol. The molecule has 0 bridgehead atoms. The number of rotatable bonds is 3. The van der Waals surface area contributed by atoms with E-state index in [-0.39, 0.29) is 28.8 Å². The zero-order valence-electron chi connectivity index (χ0n) is 15.9. The van der Waals surface area contributed by atoms with Gasteiger partial charge < -0.3 is 20.4 Å². The van der Waals surface area contributed by atoms with Crippen LogP contribution in [-0.4, -0.2) is 26.2 Å². The third kappa shape index (κ3) is 4.97. The summed E-state index contributed by atoms with van der Waals surface area (Å²) in [7, 11) is 0. The highest BCUT2D eigenvalue weighted by Crippen LogP contribution is 2.34. The van der Waals surface area contributed by atoms with Crippen LogP contribution in [-0.2, 0) is 0 Å². The van der Waals surface area contributed by atoms with Crippen molar-refractivity contribution in [3.05, 3.63) is 108 Å². The number of carbonyl (C=O) groups is 1. The van der Waals surface area contributed by atoms with Crippen LogP contribution < -0.4 is 0 Å². The van der Waals surface area contributed by atoms with Crippen molar-refractivity contribution in [3.63, 3.8) is 0 Å². The zero-order chi connectivity index (χ0) is 21.5. The lowest BCUT2D eigenvalue weighted by molar-refractivity contribution is 0.103. The lowest BCUT2D eigenvalue weighted by Gasteiger charge is -2.05. The predicted octanol–water partition coefficient (Wildman–Crippen LogP) is 5.09. The van der Waals surface area contributed by atoms with Gasteiger partial charge in [-0.1, -0.05) is 36.4 Å². The van der Waals surface area contributed by atoms with E-state index in [4.69, 9.17) is 10.2 Å². The van der Waals surface area contributed by atoms with E-state index in [0.29, 0.717) is 22.3 Å². The van der Waals surface area contributed by atoms with Crippen LogP contribution in [0.25, 0.3) is 11.1 Å². The topological polar surface area (TPSA) is 98.0 Å². The van der Waals surface area contributed by atoms with E-state index in [1.807, 2.05) is 12.1 Å². The van der Waals surface area contributed by atoms with E-state index in [9.17, 15) is 15.0 Å². The molecule has 150 valence electrons. The number of phenols is 4. The van der Waals surface area contributed by atoms with Crippen LogP contribution in [0, 0.1) is 0 Å². The molecule has 0 aromatic heterocycles. The molecule has 0 radical (unpaired) electrons. The van der Waals surface area contributed by atoms with E-state index in [1.165, 1.54) is 24.3 Å². The Kier molecular flexibility index (Phi) is 6.35. The van der Waals surface area contributed by atoms with Crippen molar-refractivity contribution in [2.45, 2.75) is 0 Å². The summed E-state index contributed by atoms with van der Waals surface area (Å²) >= 11 is 0. The first-order valence-electron chi connectivity index (χ1n) is 9.15. The fourth-order valence-electron chi connectivity index (χ4n) is 2.80. The molecular formula is C25H20O5. The van der Waals surface area contributed by atoms with E-state index >= 15 is 0 Å². The van der Waals surface area contributed by atoms with E-state index in [2.05, 4.69) is 0 Å². The first-order valence-corrected chi connectivity index (χ1v) is 9.15. The van der Waals surface area contributed by atoms with Gasteiger partial charge in [0.1, 0.15) is 23.0 Å². The minimum Gasteiger partial charge on any atom is -0.508 e. The maximum absolute atomic E-state index is 11.9. The van der Waals surface area contributed by atoms with Crippen LogP contribution in [0.4, 0.5) is 0 Å². The highest BCUT2D eigenvalue weighted by Gasteiger charge is 2.08. The molecule has 4 aromatic carbocycles. The van der Waals surface area contributed by atoms with Crippen LogP contribution in [0.15, 0.2) is 97.1 Å². The number of benzene rings is 4. The Morgan fingerprint density at radius 3 is 1.13 bits per heavy atom. The van der Waals surface area contributed by atoms with Crippen molar-refractivity contribution >= 4 is 5.78 Å². The number of hydrogen-bond acceptors (Lipinski definition) is 5. The third-order valence-corrected chi connectivity index (χ3v) is 4.36. The van der Waals surface area contributed by atoms with Gasteiger partial charge in [0.2, 0.25) is 0 Å². The zero-order valence-corrected chi connectivity index (χ0v) is 15.9. The monoisotopic (exact) mass is 400 g/mol. The first kappa shape index (κ1) is 20.5. The van der Waals surface area contributed by atoms with Crippen LogP contribution in [0.2, 0.25) is 0 Å². The van der Waals surface area contributed by atoms with Gasteiger partial charge in [0, 0.05) is 22.3 Å². The summed E-state index contributed by atoms with van der Waals surface area (Å²) < 4.78 is 0. The number of phenolic OH excluding ortho intramolecular Hbond substituents is 4. The fourth-order valence-corrected chi connectivity index (χ4v) is 2.80. The smallest absolute Gasteiger partial charge is 0.193 e. The van der Waals surface area contributed by atoms with E-state index in [0.717, 1.165) is 0 Å². The fraction of sp³-hybridized carbons (Fsp3) is 0. The number of carbonyl (C=O) groups excluding carboxylic acids is 1. The molecule has 0 spiro atoms. The summed E-state index contributed by atoms with van der Waals surface area (Å²) in [6.45, 7) is 0. The highest BCUT2D eigenvalue weighted by atomic mass is 16.3. The maximum Gasteiger partial charge on any atom is 0.193 e. The molecule has 4 rings (SSSR count). The molecule has 0 saturated carbocycles. The van der Waals surface area contributed by atoms with Gasteiger partial charge in [-0.3, -0.25) is 4.79 Å². The van der Waals surface area contributed by atoms with Crippen molar-refractivity contribution in [1.82, 2.24) is 0 Å². The highest BCUT2D eigenvalue weighted by molar-refractivity contribution is 6.09. The van der Waals surface area contributed by atoms with Crippen molar-refractivity contribution in [2.75, 3.05) is 0 Å². The van der Waals surface area contributed by atoms with Crippen molar-refractivity contribution < 1.29 is 25.2 Å². The average Bonchev–Trinajstić information content (AvgIpc) is 2.76. The van der Waals surface area contributed by atoms with Crippen molar-refractivity contribution in [2.24, 2.45) is 0 Å². The second-order valence-corrected chi connectivity index (χ2v) is 6.46.